The average Bonchev–Trinajstić information content (AvgIpc) is 3.31. The molecule has 0 saturated heterocycles. The van der Waals surface area contributed by atoms with Gasteiger partial charge in [-0.2, -0.15) is 5.10 Å². The van der Waals surface area contributed by atoms with Crippen molar-refractivity contribution in [2.24, 2.45) is 4.99 Å². The smallest absolute Gasteiger partial charge is 0.266 e. The van der Waals surface area contributed by atoms with Crippen molar-refractivity contribution >= 4 is 23.3 Å². The van der Waals surface area contributed by atoms with Gasteiger partial charge in [0.1, 0.15) is 11.4 Å². The van der Waals surface area contributed by atoms with Gasteiger partial charge in [0.25, 0.3) is 5.91 Å². The molecule has 178 valence electrons. The van der Waals surface area contributed by atoms with Crippen molar-refractivity contribution in [1.82, 2.24) is 19.7 Å². The predicted molar refractivity (Wildman–Crippen MR) is 133 cm³/mol. The number of hydrogen-bond acceptors (Lipinski definition) is 5. The summed E-state index contributed by atoms with van der Waals surface area (Å²) in [5.41, 5.74) is 3.67. The summed E-state index contributed by atoms with van der Waals surface area (Å²) in [6.45, 7) is 13.4. The van der Waals surface area contributed by atoms with Gasteiger partial charge in [0, 0.05) is 7.05 Å². The van der Waals surface area contributed by atoms with Crippen LogP contribution in [0, 0.1) is 5.82 Å². The molecule has 2 aliphatic rings. The highest BCUT2D eigenvalue weighted by molar-refractivity contribution is 6.19. The van der Waals surface area contributed by atoms with Crippen molar-refractivity contribution < 1.29 is 9.18 Å². The quantitative estimate of drug-likeness (QED) is 0.563. The molecule has 7 nitrogen and oxygen atoms in total. The molecule has 4 heterocycles. The van der Waals surface area contributed by atoms with Crippen molar-refractivity contribution in [3.63, 3.8) is 0 Å². The maximum Gasteiger partial charge on any atom is 0.266 e. The van der Waals surface area contributed by atoms with Crippen molar-refractivity contribution in [1.29, 1.82) is 0 Å². The first-order valence-electron chi connectivity index (χ1n) is 11.5. The van der Waals surface area contributed by atoms with E-state index in [-0.39, 0.29) is 17.3 Å². The minimum Gasteiger partial charge on any atom is -0.292 e. The van der Waals surface area contributed by atoms with Crippen LogP contribution < -0.4 is 4.90 Å². The average molecular weight is 463 g/mol. The number of rotatable bonds is 7. The fourth-order valence-electron chi connectivity index (χ4n) is 4.35. The molecule has 34 heavy (non-hydrogen) atoms. The Morgan fingerprint density at radius 3 is 2.71 bits per heavy atom. The molecule has 8 heteroatoms. The minimum atomic E-state index is -0.367. The molecule has 0 saturated carbocycles. The van der Waals surface area contributed by atoms with Crippen LogP contribution in [0.4, 0.5) is 10.2 Å². The summed E-state index contributed by atoms with van der Waals surface area (Å²) in [5.74, 6) is 0.890. The van der Waals surface area contributed by atoms with Gasteiger partial charge in [-0.05, 0) is 50.5 Å². The highest BCUT2D eigenvalue weighted by Gasteiger charge is 2.44. The zero-order valence-electron chi connectivity index (χ0n) is 20.5. The highest BCUT2D eigenvalue weighted by Crippen LogP contribution is 2.36. The number of aliphatic imine (C=N–C) groups is 1. The van der Waals surface area contributed by atoms with E-state index in [9.17, 15) is 9.18 Å². The number of nitrogens with zero attached hydrogens (tertiary/aromatic N) is 6. The topological polar surface area (TPSA) is 66.6 Å². The van der Waals surface area contributed by atoms with Gasteiger partial charge in [-0.15, -0.1) is 0 Å². The van der Waals surface area contributed by atoms with E-state index in [0.29, 0.717) is 36.1 Å². The number of halogens is 1. The standard InChI is InChI=1S/C26H31FN6O/c1-7-9-21-22-23(32-16-26(4,5)29-25(32)31(6)24(22)34)30-33(21)15-17(3)10-11-18(8-2)20-13-12-19(27)14-28-20/h8,10-14H,3,7,9,15-16H2,1-2,4-6H3/b11-10-,18-8+. The van der Waals surface area contributed by atoms with Crippen LogP contribution in [0.25, 0.3) is 5.57 Å². The normalized spacial score (nSPS) is 17.3. The van der Waals surface area contributed by atoms with E-state index in [1.165, 1.54) is 12.3 Å². The van der Waals surface area contributed by atoms with Gasteiger partial charge in [-0.1, -0.05) is 38.2 Å². The van der Waals surface area contributed by atoms with Crippen LogP contribution in [0.5, 0.6) is 0 Å². The zero-order chi connectivity index (χ0) is 24.6. The summed E-state index contributed by atoms with van der Waals surface area (Å²) in [7, 11) is 1.77. The maximum atomic E-state index is 13.3. The Balaban J connectivity index is 1.62. The van der Waals surface area contributed by atoms with Crippen LogP contribution in [0.2, 0.25) is 0 Å². The van der Waals surface area contributed by atoms with E-state index >= 15 is 0 Å². The fraction of sp³-hybridized carbons (Fsp3) is 0.385. The number of aromatic nitrogens is 3. The summed E-state index contributed by atoms with van der Waals surface area (Å²) in [5, 5.41) is 4.87. The molecule has 0 unspecified atom stereocenters. The van der Waals surface area contributed by atoms with Crippen LogP contribution in [0.15, 0.2) is 53.7 Å². The lowest BCUT2D eigenvalue weighted by Gasteiger charge is -2.30. The highest BCUT2D eigenvalue weighted by atomic mass is 19.1. The van der Waals surface area contributed by atoms with Crippen LogP contribution in [-0.2, 0) is 13.0 Å². The molecule has 4 rings (SSSR count). The lowest BCUT2D eigenvalue weighted by molar-refractivity contribution is 0.0864. The number of anilines is 1. The fourth-order valence-corrected chi connectivity index (χ4v) is 4.35. The third-order valence-corrected chi connectivity index (χ3v) is 5.97. The lowest BCUT2D eigenvalue weighted by atomic mass is 10.1. The molecule has 0 fully saturated rings. The number of amides is 1. The van der Waals surface area contributed by atoms with Gasteiger partial charge in [-0.3, -0.25) is 24.3 Å². The summed E-state index contributed by atoms with van der Waals surface area (Å²) < 4.78 is 15.1. The van der Waals surface area contributed by atoms with Crippen molar-refractivity contribution in [2.45, 2.75) is 52.6 Å². The Bertz CT molecular complexity index is 1220. The second-order valence-corrected chi connectivity index (χ2v) is 9.32. The molecule has 2 aromatic heterocycles. The molecular weight excluding hydrogens is 431 g/mol. The van der Waals surface area contributed by atoms with Gasteiger partial charge in [0.05, 0.1) is 36.2 Å². The summed E-state index contributed by atoms with van der Waals surface area (Å²) >= 11 is 0. The number of allylic oxidation sites excluding steroid dienone is 5. The largest absolute Gasteiger partial charge is 0.292 e. The third kappa shape index (κ3) is 4.32. The molecule has 0 aromatic carbocycles. The number of hydrogen-bond donors (Lipinski definition) is 0. The van der Waals surface area contributed by atoms with Gasteiger partial charge >= 0.3 is 0 Å². The molecule has 0 aliphatic carbocycles. The van der Waals surface area contributed by atoms with E-state index < -0.39 is 0 Å². The van der Waals surface area contributed by atoms with Crippen molar-refractivity contribution in [3.05, 3.63) is 71.5 Å². The molecule has 0 N–H and O–H groups in total. The second kappa shape index (κ2) is 9.00. The van der Waals surface area contributed by atoms with Gasteiger partial charge in [-0.25, -0.2) is 9.38 Å². The van der Waals surface area contributed by atoms with Crippen molar-refractivity contribution in [3.8, 4) is 0 Å². The van der Waals surface area contributed by atoms with Crippen LogP contribution in [0.1, 0.15) is 55.9 Å². The Kier molecular flexibility index (Phi) is 6.25. The zero-order valence-corrected chi connectivity index (χ0v) is 20.5. The van der Waals surface area contributed by atoms with Gasteiger partial charge < -0.3 is 0 Å². The van der Waals surface area contributed by atoms with Crippen LogP contribution in [-0.4, -0.2) is 50.7 Å². The molecule has 0 radical (unpaired) electrons. The van der Waals surface area contributed by atoms with E-state index in [1.54, 1.807) is 18.0 Å². The number of guanidine groups is 1. The first-order chi connectivity index (χ1) is 16.1. The molecular formula is C26H31FN6O. The minimum absolute atomic E-state index is 0.0721. The Morgan fingerprint density at radius 1 is 1.29 bits per heavy atom. The van der Waals surface area contributed by atoms with Crippen LogP contribution in [0.3, 0.4) is 0 Å². The van der Waals surface area contributed by atoms with E-state index in [4.69, 9.17) is 10.1 Å². The third-order valence-electron chi connectivity index (χ3n) is 5.97. The van der Waals surface area contributed by atoms with E-state index in [2.05, 4.69) is 32.3 Å². The molecule has 2 aliphatic heterocycles. The Labute approximate surface area is 200 Å². The van der Waals surface area contributed by atoms with Crippen molar-refractivity contribution in [2.75, 3.05) is 18.5 Å². The predicted octanol–water partition coefficient (Wildman–Crippen LogP) is 4.63. The Hall–Kier alpha value is -3.55. The lowest BCUT2D eigenvalue weighted by Crippen LogP contribution is -2.48. The van der Waals surface area contributed by atoms with E-state index in [1.807, 2.05) is 34.7 Å². The van der Waals surface area contributed by atoms with E-state index in [0.717, 1.165) is 29.7 Å². The number of carbonyl (C=O) groups is 1. The number of carbonyl (C=O) groups excluding carboxylic acids is 1. The molecule has 0 spiro atoms. The van der Waals surface area contributed by atoms with Gasteiger partial charge in [0.2, 0.25) is 5.96 Å². The molecule has 0 atom stereocenters. The molecule has 1 amide bonds. The van der Waals surface area contributed by atoms with Gasteiger partial charge in [0.15, 0.2) is 5.82 Å². The summed E-state index contributed by atoms with van der Waals surface area (Å²) in [6, 6.07) is 3.04. The number of pyridine rings is 1. The summed E-state index contributed by atoms with van der Waals surface area (Å²) in [6.07, 6.45) is 8.58. The SMILES string of the molecule is C=C(/C=C\C(=C/C)c1ccc(F)cn1)Cn1nc2c(c1CCC)C(=O)N(C)C1=NC(C)(C)CN12. The first kappa shape index (κ1) is 23.6. The Morgan fingerprint density at radius 2 is 2.06 bits per heavy atom. The maximum absolute atomic E-state index is 13.3. The monoisotopic (exact) mass is 462 g/mol. The molecule has 2 aromatic rings. The molecule has 0 bridgehead atoms. The second-order valence-electron chi connectivity index (χ2n) is 9.32. The van der Waals surface area contributed by atoms with Crippen LogP contribution >= 0.6 is 0 Å². The summed E-state index contributed by atoms with van der Waals surface area (Å²) in [4.78, 5) is 25.9. The first-order valence-corrected chi connectivity index (χ1v) is 11.5. The number of fused-ring (bicyclic) bond motifs is 3.